The molecule has 1 heterocycles. The van der Waals surface area contributed by atoms with Crippen LogP contribution in [0, 0.1) is 0 Å². The predicted octanol–water partition coefficient (Wildman–Crippen LogP) is -0.915. The fourth-order valence-corrected chi connectivity index (χ4v) is 2.60. The molecule has 0 radical (unpaired) electrons. The Morgan fingerprint density at radius 1 is 1.59 bits per heavy atom. The Bertz CT molecular complexity index is 493. The van der Waals surface area contributed by atoms with Crippen LogP contribution in [0.5, 0.6) is 0 Å². The summed E-state index contributed by atoms with van der Waals surface area (Å²) in [5.74, 6) is 0. The number of nitrogens with one attached hydrogen (secondary N) is 2. The molecule has 7 nitrogen and oxygen atoms in total. The maximum atomic E-state index is 11.7. The van der Waals surface area contributed by atoms with E-state index in [2.05, 4.69) is 9.71 Å². The van der Waals surface area contributed by atoms with E-state index in [1.165, 1.54) is 7.05 Å². The zero-order valence-corrected chi connectivity index (χ0v) is 11.0. The molecule has 0 amide bonds. The first-order valence-corrected chi connectivity index (χ1v) is 7.26. The molecule has 0 saturated carbocycles. The van der Waals surface area contributed by atoms with Crippen molar-refractivity contribution in [1.29, 1.82) is 0 Å². The van der Waals surface area contributed by atoms with Gasteiger partial charge in [0.05, 0.1) is 6.54 Å². The van der Waals surface area contributed by atoms with Gasteiger partial charge in [-0.25, -0.2) is 0 Å². The van der Waals surface area contributed by atoms with Crippen LogP contribution in [-0.4, -0.2) is 43.0 Å². The summed E-state index contributed by atoms with van der Waals surface area (Å²) in [6.45, 7) is 0.230. The Balaban J connectivity index is 2.52. The van der Waals surface area contributed by atoms with Crippen molar-refractivity contribution in [3.63, 3.8) is 0 Å². The summed E-state index contributed by atoms with van der Waals surface area (Å²) in [4.78, 5) is 13.1. The van der Waals surface area contributed by atoms with Crippen LogP contribution < -0.4 is 9.60 Å². The Hall–Kier alpha value is -0.740. The maximum absolute atomic E-state index is 11.7. The average molecular weight is 281 g/mol. The lowest BCUT2D eigenvalue weighted by Gasteiger charge is -2.16. The van der Waals surface area contributed by atoms with Crippen molar-refractivity contribution in [2.75, 3.05) is 20.2 Å². The molecule has 9 heteroatoms. The first kappa shape index (κ1) is 14.3. The maximum Gasteiger partial charge on any atom is 0.304 e. The van der Waals surface area contributed by atoms with Crippen LogP contribution in [0.25, 0.3) is 0 Å². The van der Waals surface area contributed by atoms with Crippen LogP contribution in [-0.2, 0) is 16.8 Å². The van der Waals surface area contributed by atoms with Gasteiger partial charge in [-0.2, -0.15) is 17.4 Å². The molecule has 0 bridgehead atoms. The quantitative estimate of drug-likeness (QED) is 0.602. The molecule has 0 atom stereocenters. The van der Waals surface area contributed by atoms with Crippen LogP contribution in [0.15, 0.2) is 10.2 Å². The van der Waals surface area contributed by atoms with Gasteiger partial charge in [-0.1, -0.05) is 11.3 Å². The molecule has 3 N–H and O–H groups in total. The standard InChI is InChI=1S/C8H15N3O4S2/c1-11(3-2-4-12)17(14,15)9-5-7-6-16-8(13)10-7/h6,9,12H,2-5H2,1H3,(H,10,13). The molecular weight excluding hydrogens is 266 g/mol. The lowest BCUT2D eigenvalue weighted by Crippen LogP contribution is -2.38. The molecule has 0 saturated heterocycles. The van der Waals surface area contributed by atoms with E-state index in [9.17, 15) is 13.2 Å². The topological polar surface area (TPSA) is 102 Å². The second kappa shape index (κ2) is 6.26. The summed E-state index contributed by atoms with van der Waals surface area (Å²) in [5.41, 5.74) is 0.527. The van der Waals surface area contributed by atoms with Gasteiger partial charge >= 0.3 is 4.87 Å². The highest BCUT2D eigenvalue weighted by Crippen LogP contribution is 1.99. The smallest absolute Gasteiger partial charge is 0.304 e. The van der Waals surface area contributed by atoms with Gasteiger partial charge in [0.1, 0.15) is 0 Å². The number of aromatic nitrogens is 1. The fourth-order valence-electron chi connectivity index (χ4n) is 1.09. The van der Waals surface area contributed by atoms with E-state index in [1.807, 2.05) is 0 Å². The minimum atomic E-state index is -3.57. The molecule has 0 fully saturated rings. The van der Waals surface area contributed by atoms with Gasteiger partial charge in [0.15, 0.2) is 0 Å². The molecule has 0 aliphatic heterocycles. The van der Waals surface area contributed by atoms with E-state index < -0.39 is 10.2 Å². The third kappa shape index (κ3) is 4.56. The van der Waals surface area contributed by atoms with Crippen molar-refractivity contribution in [2.24, 2.45) is 0 Å². The highest BCUT2D eigenvalue weighted by atomic mass is 32.2. The molecule has 0 spiro atoms. The summed E-state index contributed by atoms with van der Waals surface area (Å²) in [5, 5.41) is 10.2. The van der Waals surface area contributed by atoms with E-state index in [0.29, 0.717) is 12.1 Å². The summed E-state index contributed by atoms with van der Waals surface area (Å²) < 4.78 is 26.8. The first-order valence-electron chi connectivity index (χ1n) is 4.94. The van der Waals surface area contributed by atoms with Gasteiger partial charge in [0, 0.05) is 31.3 Å². The molecule has 0 unspecified atom stereocenters. The minimum Gasteiger partial charge on any atom is -0.396 e. The third-order valence-corrected chi connectivity index (χ3v) is 4.29. The molecule has 98 valence electrons. The number of H-pyrrole nitrogens is 1. The zero-order chi connectivity index (χ0) is 12.9. The number of hydrogen-bond donors (Lipinski definition) is 3. The normalized spacial score (nSPS) is 12.2. The fraction of sp³-hybridized carbons (Fsp3) is 0.625. The number of nitrogens with zero attached hydrogens (tertiary/aromatic N) is 1. The van der Waals surface area contributed by atoms with Gasteiger partial charge in [0.25, 0.3) is 10.2 Å². The number of aliphatic hydroxyl groups excluding tert-OH is 1. The summed E-state index contributed by atoms with van der Waals surface area (Å²) in [7, 11) is -2.14. The van der Waals surface area contributed by atoms with Gasteiger partial charge in [-0.05, 0) is 6.42 Å². The van der Waals surface area contributed by atoms with Crippen LogP contribution in [0.1, 0.15) is 12.1 Å². The van der Waals surface area contributed by atoms with E-state index in [0.717, 1.165) is 15.6 Å². The van der Waals surface area contributed by atoms with Gasteiger partial charge in [-0.3, -0.25) is 4.79 Å². The lowest BCUT2D eigenvalue weighted by atomic mass is 10.5. The van der Waals surface area contributed by atoms with Crippen molar-refractivity contribution in [2.45, 2.75) is 13.0 Å². The van der Waals surface area contributed by atoms with Gasteiger partial charge < -0.3 is 10.1 Å². The molecule has 0 aromatic carbocycles. The first-order chi connectivity index (χ1) is 7.95. The number of hydrogen-bond acceptors (Lipinski definition) is 5. The molecule has 0 aliphatic carbocycles. The van der Waals surface area contributed by atoms with E-state index in [1.54, 1.807) is 5.38 Å². The lowest BCUT2D eigenvalue weighted by molar-refractivity contribution is 0.275. The van der Waals surface area contributed by atoms with Crippen molar-refractivity contribution in [1.82, 2.24) is 14.0 Å². The summed E-state index contributed by atoms with van der Waals surface area (Å²) in [6.07, 6.45) is 0.382. The Morgan fingerprint density at radius 3 is 2.82 bits per heavy atom. The highest BCUT2D eigenvalue weighted by molar-refractivity contribution is 7.87. The second-order valence-electron chi connectivity index (χ2n) is 3.40. The monoisotopic (exact) mass is 281 g/mol. The van der Waals surface area contributed by atoms with Crippen molar-refractivity contribution in [3.05, 3.63) is 20.7 Å². The largest absolute Gasteiger partial charge is 0.396 e. The second-order valence-corrected chi connectivity index (χ2v) is 6.10. The molecule has 17 heavy (non-hydrogen) atoms. The van der Waals surface area contributed by atoms with Gasteiger partial charge in [0.2, 0.25) is 0 Å². The van der Waals surface area contributed by atoms with E-state index >= 15 is 0 Å². The van der Waals surface area contributed by atoms with Crippen LogP contribution in [0.3, 0.4) is 0 Å². The molecule has 1 rings (SSSR count). The highest BCUT2D eigenvalue weighted by Gasteiger charge is 2.16. The molecule has 1 aromatic heterocycles. The van der Waals surface area contributed by atoms with Crippen LogP contribution in [0.2, 0.25) is 0 Å². The average Bonchev–Trinajstić information content (AvgIpc) is 2.69. The Morgan fingerprint density at radius 2 is 2.29 bits per heavy atom. The number of rotatable bonds is 7. The van der Waals surface area contributed by atoms with Crippen LogP contribution >= 0.6 is 11.3 Å². The minimum absolute atomic E-state index is 0.0462. The zero-order valence-electron chi connectivity index (χ0n) is 9.34. The van der Waals surface area contributed by atoms with E-state index in [4.69, 9.17) is 5.11 Å². The third-order valence-electron chi connectivity index (χ3n) is 2.06. The van der Waals surface area contributed by atoms with E-state index in [-0.39, 0.29) is 24.6 Å². The number of thiazole rings is 1. The molecule has 0 aliphatic rings. The van der Waals surface area contributed by atoms with Crippen molar-refractivity contribution in [3.8, 4) is 0 Å². The number of aliphatic hydroxyl groups is 1. The Kier molecular flexibility index (Phi) is 5.28. The SMILES string of the molecule is CN(CCCO)S(=O)(=O)NCc1csc(=O)[nH]1. The van der Waals surface area contributed by atoms with Crippen molar-refractivity contribution >= 4 is 21.5 Å². The Labute approximate surface area is 103 Å². The predicted molar refractivity (Wildman–Crippen MR) is 65.0 cm³/mol. The summed E-state index contributed by atoms with van der Waals surface area (Å²) in [6, 6.07) is 0. The van der Waals surface area contributed by atoms with Crippen LogP contribution in [0.4, 0.5) is 0 Å². The number of aromatic amines is 1. The molecule has 1 aromatic rings. The summed E-state index contributed by atoms with van der Waals surface area (Å²) >= 11 is 0.985. The van der Waals surface area contributed by atoms with Crippen molar-refractivity contribution < 1.29 is 13.5 Å². The molecular formula is C8H15N3O4S2. The van der Waals surface area contributed by atoms with Gasteiger partial charge in [-0.15, -0.1) is 0 Å².